The van der Waals surface area contributed by atoms with Gasteiger partial charge < -0.3 is 15.4 Å². The Bertz CT molecular complexity index is 1360. The van der Waals surface area contributed by atoms with Crippen molar-refractivity contribution in [1.29, 1.82) is 5.26 Å². The molecule has 40 heavy (non-hydrogen) atoms. The zero-order chi connectivity index (χ0) is 27.8. The molecule has 0 bridgehead atoms. The number of rotatable bonds is 10. The highest BCUT2D eigenvalue weighted by Gasteiger charge is 2.36. The molecule has 3 N–H and O–H groups in total. The number of hydrogen-bond acceptors (Lipinski definition) is 5. The lowest BCUT2D eigenvalue weighted by molar-refractivity contribution is -0.127. The van der Waals surface area contributed by atoms with E-state index in [0.29, 0.717) is 31.5 Å². The number of amides is 1. The summed E-state index contributed by atoms with van der Waals surface area (Å²) in [5, 5.41) is 24.5. The van der Waals surface area contributed by atoms with Gasteiger partial charge in [0.15, 0.2) is 0 Å². The van der Waals surface area contributed by atoms with Crippen molar-refractivity contribution in [3.05, 3.63) is 125 Å². The van der Waals surface area contributed by atoms with Crippen LogP contribution in [0.2, 0.25) is 0 Å². The molecule has 1 aliphatic heterocycles. The van der Waals surface area contributed by atoms with E-state index < -0.39 is 5.60 Å². The van der Waals surface area contributed by atoms with E-state index in [1.165, 1.54) is 0 Å². The molecule has 204 valence electrons. The van der Waals surface area contributed by atoms with Gasteiger partial charge in [0.25, 0.3) is 0 Å². The first kappa shape index (κ1) is 27.3. The highest BCUT2D eigenvalue weighted by molar-refractivity contribution is 5.79. The molecule has 1 unspecified atom stereocenters. The van der Waals surface area contributed by atoms with E-state index in [4.69, 9.17) is 5.26 Å². The predicted octanol–water partition coefficient (Wildman–Crippen LogP) is 4.20. The van der Waals surface area contributed by atoms with Crippen LogP contribution in [0, 0.1) is 17.2 Å². The third-order valence-electron chi connectivity index (χ3n) is 7.76. The highest BCUT2D eigenvalue weighted by Crippen LogP contribution is 2.32. The Labute approximate surface area is 235 Å². The summed E-state index contributed by atoms with van der Waals surface area (Å²) in [7, 11) is 0. The second kappa shape index (κ2) is 12.7. The summed E-state index contributed by atoms with van der Waals surface area (Å²) in [5.41, 5.74) is 3.14. The van der Waals surface area contributed by atoms with Crippen LogP contribution in [0.25, 0.3) is 0 Å². The molecule has 5 rings (SSSR count). The lowest BCUT2D eigenvalue weighted by Gasteiger charge is -2.39. The van der Waals surface area contributed by atoms with Gasteiger partial charge in [-0.3, -0.25) is 9.69 Å². The van der Waals surface area contributed by atoms with Crippen LogP contribution in [-0.4, -0.2) is 51.6 Å². The molecule has 0 spiro atoms. The average molecular weight is 534 g/mol. The second-order valence-electron chi connectivity index (χ2n) is 10.7. The molecule has 3 aromatic carbocycles. The molecule has 1 amide bonds. The molecule has 4 aromatic rings. The summed E-state index contributed by atoms with van der Waals surface area (Å²) in [6, 6.07) is 29.1. The average Bonchev–Trinajstić information content (AvgIpc) is 3.51. The van der Waals surface area contributed by atoms with Crippen molar-refractivity contribution in [3.63, 3.8) is 0 Å². The minimum atomic E-state index is -1.18. The minimum Gasteiger partial charge on any atom is -0.379 e. The molecular formula is C33H35N5O2. The first-order chi connectivity index (χ1) is 19.5. The maximum Gasteiger partial charge on any atom is 0.224 e. The standard InChI is InChI=1S/C33H35N5O2/c34-20-26-15-13-25(14-16-26)18-30(19-31-21-35-24-36-31)37-32(39)27-8-7-17-38(22-27)23-33(40,28-9-3-1-4-10-28)29-11-5-2-6-12-29/h1-6,9-16,21,24,27,30,40H,7-8,17-19,22-23H2,(H,35,36)(H,37,39)/t27-,30?/m0/s1. The number of aliphatic hydroxyl groups is 1. The number of nitrogens with zero attached hydrogens (tertiary/aromatic N) is 3. The number of benzene rings is 3. The minimum absolute atomic E-state index is 0.0332. The Kier molecular flexibility index (Phi) is 8.70. The van der Waals surface area contributed by atoms with Gasteiger partial charge in [-0.15, -0.1) is 0 Å². The normalized spacial score (nSPS) is 16.6. The van der Waals surface area contributed by atoms with Crippen LogP contribution in [0.3, 0.4) is 0 Å². The molecule has 1 saturated heterocycles. The number of aromatic nitrogens is 2. The van der Waals surface area contributed by atoms with Gasteiger partial charge in [-0.05, 0) is 54.6 Å². The summed E-state index contributed by atoms with van der Waals surface area (Å²) >= 11 is 0. The number of piperidine rings is 1. The largest absolute Gasteiger partial charge is 0.379 e. The van der Waals surface area contributed by atoms with Crippen molar-refractivity contribution in [2.24, 2.45) is 5.92 Å². The van der Waals surface area contributed by atoms with Gasteiger partial charge in [0.2, 0.25) is 5.91 Å². The zero-order valence-electron chi connectivity index (χ0n) is 22.5. The first-order valence-corrected chi connectivity index (χ1v) is 13.9. The number of hydrogen-bond donors (Lipinski definition) is 3. The fourth-order valence-electron chi connectivity index (χ4n) is 5.67. The van der Waals surface area contributed by atoms with E-state index in [-0.39, 0.29) is 17.9 Å². The van der Waals surface area contributed by atoms with Crippen LogP contribution in [0.4, 0.5) is 0 Å². The van der Waals surface area contributed by atoms with Crippen LogP contribution < -0.4 is 5.32 Å². The highest BCUT2D eigenvalue weighted by atomic mass is 16.3. The molecule has 1 fully saturated rings. The van der Waals surface area contributed by atoms with Gasteiger partial charge >= 0.3 is 0 Å². The summed E-state index contributed by atoms with van der Waals surface area (Å²) in [6.45, 7) is 1.82. The third kappa shape index (κ3) is 6.66. The maximum atomic E-state index is 13.6. The Hall–Kier alpha value is -4.25. The SMILES string of the molecule is N#Cc1ccc(CC(Cc2cnc[nH]2)NC(=O)[C@H]2CCCN(CC(O)(c3ccccc3)c3ccccc3)C2)cc1. The van der Waals surface area contributed by atoms with Crippen LogP contribution in [0.1, 0.15) is 40.8 Å². The van der Waals surface area contributed by atoms with Gasteiger partial charge in [-0.2, -0.15) is 5.26 Å². The lowest BCUT2D eigenvalue weighted by Crippen LogP contribution is -2.50. The number of imidazole rings is 1. The number of H-pyrrole nitrogens is 1. The van der Waals surface area contributed by atoms with Crippen molar-refractivity contribution in [3.8, 4) is 6.07 Å². The Morgan fingerprint density at radius 2 is 1.73 bits per heavy atom. The molecule has 0 radical (unpaired) electrons. The van der Waals surface area contributed by atoms with Gasteiger partial charge in [-0.25, -0.2) is 4.98 Å². The molecule has 2 heterocycles. The topological polar surface area (TPSA) is 105 Å². The quantitative estimate of drug-likeness (QED) is 0.283. The molecular weight excluding hydrogens is 498 g/mol. The molecule has 7 nitrogen and oxygen atoms in total. The number of aromatic amines is 1. The third-order valence-corrected chi connectivity index (χ3v) is 7.76. The molecule has 7 heteroatoms. The molecule has 1 aliphatic rings. The van der Waals surface area contributed by atoms with E-state index in [2.05, 4.69) is 26.3 Å². The molecule has 0 saturated carbocycles. The van der Waals surface area contributed by atoms with Crippen molar-refractivity contribution in [2.45, 2.75) is 37.3 Å². The van der Waals surface area contributed by atoms with Crippen LogP contribution in [0.15, 0.2) is 97.5 Å². The van der Waals surface area contributed by atoms with Crippen molar-refractivity contribution in [1.82, 2.24) is 20.2 Å². The van der Waals surface area contributed by atoms with Crippen LogP contribution in [-0.2, 0) is 23.2 Å². The van der Waals surface area contributed by atoms with E-state index >= 15 is 0 Å². The summed E-state index contributed by atoms with van der Waals surface area (Å²) in [4.78, 5) is 23.1. The molecule has 0 aliphatic carbocycles. The van der Waals surface area contributed by atoms with E-state index in [1.807, 2.05) is 84.9 Å². The number of nitriles is 1. The smallest absolute Gasteiger partial charge is 0.224 e. The van der Waals surface area contributed by atoms with Gasteiger partial charge in [0.1, 0.15) is 5.60 Å². The number of nitrogens with one attached hydrogen (secondary N) is 2. The fraction of sp³-hybridized carbons (Fsp3) is 0.303. The van der Waals surface area contributed by atoms with Crippen LogP contribution in [0.5, 0.6) is 0 Å². The van der Waals surface area contributed by atoms with E-state index in [0.717, 1.165) is 41.8 Å². The predicted molar refractivity (Wildman–Crippen MR) is 154 cm³/mol. The van der Waals surface area contributed by atoms with Gasteiger partial charge in [-0.1, -0.05) is 72.8 Å². The first-order valence-electron chi connectivity index (χ1n) is 13.9. The van der Waals surface area contributed by atoms with E-state index in [1.54, 1.807) is 12.5 Å². The number of likely N-dealkylation sites (tertiary alicyclic amines) is 1. The summed E-state index contributed by atoms with van der Waals surface area (Å²) < 4.78 is 0. The van der Waals surface area contributed by atoms with Crippen molar-refractivity contribution >= 4 is 5.91 Å². The number of carbonyl (C=O) groups is 1. The Balaban J connectivity index is 1.29. The molecule has 1 aromatic heterocycles. The molecule has 2 atom stereocenters. The van der Waals surface area contributed by atoms with Gasteiger partial charge in [0.05, 0.1) is 23.9 Å². The number of β-amino-alcohol motifs (C(OH)–C–C–N with tert-alkyl or cyclic N) is 1. The van der Waals surface area contributed by atoms with Crippen molar-refractivity contribution < 1.29 is 9.90 Å². The Morgan fingerprint density at radius 3 is 2.33 bits per heavy atom. The summed E-state index contributed by atoms with van der Waals surface area (Å²) in [6.07, 6.45) is 6.41. The van der Waals surface area contributed by atoms with Crippen molar-refractivity contribution in [2.75, 3.05) is 19.6 Å². The summed E-state index contributed by atoms with van der Waals surface area (Å²) in [5.74, 6) is -0.138. The van der Waals surface area contributed by atoms with E-state index in [9.17, 15) is 9.90 Å². The zero-order valence-corrected chi connectivity index (χ0v) is 22.5. The number of carbonyl (C=O) groups excluding carboxylic acids is 1. The van der Waals surface area contributed by atoms with Gasteiger partial charge in [0, 0.05) is 37.4 Å². The maximum absolute atomic E-state index is 13.6. The van der Waals surface area contributed by atoms with Crippen LogP contribution >= 0.6 is 0 Å². The second-order valence-corrected chi connectivity index (χ2v) is 10.7. The monoisotopic (exact) mass is 533 g/mol. The Morgan fingerprint density at radius 1 is 1.05 bits per heavy atom. The fourth-order valence-corrected chi connectivity index (χ4v) is 5.67. The lowest BCUT2D eigenvalue weighted by atomic mass is 9.84.